The number of methoxy groups -OCH3 is 1. The molecule has 0 amide bonds. The van der Waals surface area contributed by atoms with Crippen LogP contribution in [-0.4, -0.2) is 79.1 Å². The second-order valence-electron chi connectivity index (χ2n) is 8.16. The predicted octanol–water partition coefficient (Wildman–Crippen LogP) is 3.03. The van der Waals surface area contributed by atoms with Crippen LogP contribution in [0.3, 0.4) is 0 Å². The van der Waals surface area contributed by atoms with Crippen molar-refractivity contribution in [1.29, 1.82) is 0 Å². The molecular formula is C23H28N8O3S. The van der Waals surface area contributed by atoms with Crippen molar-refractivity contribution in [2.24, 2.45) is 0 Å². The molecule has 12 heteroatoms. The normalized spacial score (nSPS) is 11.8. The van der Waals surface area contributed by atoms with Gasteiger partial charge in [0.05, 0.1) is 17.5 Å². The molecule has 11 nitrogen and oxygen atoms in total. The maximum absolute atomic E-state index is 13.0. The van der Waals surface area contributed by atoms with E-state index in [0.717, 1.165) is 10.9 Å². The quantitative estimate of drug-likeness (QED) is 0.303. The van der Waals surface area contributed by atoms with E-state index in [0.29, 0.717) is 42.1 Å². The summed E-state index contributed by atoms with van der Waals surface area (Å²) >= 11 is 0. The molecule has 0 atom stereocenters. The first-order chi connectivity index (χ1) is 16.8. The smallest absolute Gasteiger partial charge is 0.242 e. The first kappa shape index (κ1) is 24.4. The molecule has 4 rings (SSSR count). The van der Waals surface area contributed by atoms with Crippen molar-refractivity contribution < 1.29 is 13.2 Å². The topological polar surface area (TPSA) is 128 Å². The summed E-state index contributed by atoms with van der Waals surface area (Å²) in [6, 6.07) is 13.9. The molecule has 184 valence electrons. The Balaban J connectivity index is 1.51. The van der Waals surface area contributed by atoms with Crippen LogP contribution in [0, 0.1) is 0 Å². The Hall–Kier alpha value is -3.74. The Bertz CT molecular complexity index is 1420. The van der Waals surface area contributed by atoms with Crippen molar-refractivity contribution in [3.8, 4) is 5.75 Å². The molecular weight excluding hydrogens is 468 g/mol. The summed E-state index contributed by atoms with van der Waals surface area (Å²) in [5.74, 6) is 2.14. The molecule has 0 saturated heterocycles. The third-order valence-corrected chi connectivity index (χ3v) is 7.19. The van der Waals surface area contributed by atoms with Crippen molar-refractivity contribution in [1.82, 2.24) is 29.4 Å². The Morgan fingerprint density at radius 3 is 2.63 bits per heavy atom. The number of anilines is 4. The van der Waals surface area contributed by atoms with E-state index in [4.69, 9.17) is 4.74 Å². The molecule has 0 saturated carbocycles. The summed E-state index contributed by atoms with van der Waals surface area (Å²) in [7, 11) is 3.36. The van der Waals surface area contributed by atoms with Crippen LogP contribution < -0.4 is 15.4 Å². The van der Waals surface area contributed by atoms with Gasteiger partial charge in [-0.1, -0.05) is 6.07 Å². The number of nitrogens with one attached hydrogen (secondary N) is 3. The van der Waals surface area contributed by atoms with Gasteiger partial charge in [0.25, 0.3) is 0 Å². The van der Waals surface area contributed by atoms with Crippen molar-refractivity contribution >= 4 is 44.2 Å². The highest BCUT2D eigenvalue weighted by Crippen LogP contribution is 2.27. The van der Waals surface area contributed by atoms with Gasteiger partial charge in [-0.3, -0.25) is 5.10 Å². The summed E-state index contributed by atoms with van der Waals surface area (Å²) in [5, 5.41) is 14.4. The molecule has 0 unspecified atom stereocenters. The number of hydrogen-bond donors (Lipinski definition) is 3. The highest BCUT2D eigenvalue weighted by molar-refractivity contribution is 7.89. The first-order valence-electron chi connectivity index (χ1n) is 10.9. The fraction of sp³-hybridized carbons (Fsp3) is 0.261. The minimum absolute atomic E-state index is 0.190. The van der Waals surface area contributed by atoms with Gasteiger partial charge in [0, 0.05) is 37.4 Å². The number of aromatic nitrogens is 4. The van der Waals surface area contributed by atoms with Gasteiger partial charge in [0.15, 0.2) is 5.82 Å². The van der Waals surface area contributed by atoms with Crippen LogP contribution in [-0.2, 0) is 10.0 Å². The van der Waals surface area contributed by atoms with E-state index in [2.05, 4.69) is 30.8 Å². The molecule has 3 N–H and O–H groups in total. The molecule has 2 heterocycles. The second-order valence-corrected chi connectivity index (χ2v) is 10.2. The van der Waals surface area contributed by atoms with Crippen LogP contribution >= 0.6 is 0 Å². The van der Waals surface area contributed by atoms with Crippen LogP contribution in [0.5, 0.6) is 5.75 Å². The monoisotopic (exact) mass is 496 g/mol. The van der Waals surface area contributed by atoms with E-state index in [1.807, 2.05) is 37.2 Å². The number of sulfonamides is 1. The lowest BCUT2D eigenvalue weighted by molar-refractivity contribution is 0.358. The van der Waals surface area contributed by atoms with E-state index in [1.165, 1.54) is 4.31 Å². The number of fused-ring (bicyclic) bond motifs is 1. The number of nitrogens with zero attached hydrogens (tertiary/aromatic N) is 5. The minimum atomic E-state index is -3.63. The van der Waals surface area contributed by atoms with E-state index in [9.17, 15) is 8.42 Å². The number of benzene rings is 2. The summed E-state index contributed by atoms with van der Waals surface area (Å²) in [6.45, 7) is 1.01. The average Bonchev–Trinajstić information content (AvgIpc) is 3.24. The average molecular weight is 497 g/mol. The molecule has 0 bridgehead atoms. The highest BCUT2D eigenvalue weighted by Gasteiger charge is 2.21. The van der Waals surface area contributed by atoms with Gasteiger partial charge in [0.1, 0.15) is 11.6 Å². The summed E-state index contributed by atoms with van der Waals surface area (Å²) in [6.07, 6.45) is 1.60. The van der Waals surface area contributed by atoms with Gasteiger partial charge >= 0.3 is 0 Å². The lowest BCUT2D eigenvalue weighted by Gasteiger charge is -2.19. The molecule has 35 heavy (non-hydrogen) atoms. The molecule has 2 aromatic heterocycles. The number of aromatic amines is 1. The fourth-order valence-electron chi connectivity index (χ4n) is 3.33. The number of ether oxygens (including phenoxy) is 1. The molecule has 0 spiro atoms. The maximum Gasteiger partial charge on any atom is 0.242 e. The zero-order valence-corrected chi connectivity index (χ0v) is 20.8. The Morgan fingerprint density at radius 1 is 1.03 bits per heavy atom. The molecule has 0 aliphatic rings. The van der Waals surface area contributed by atoms with Gasteiger partial charge in [-0.2, -0.15) is 14.4 Å². The summed E-state index contributed by atoms with van der Waals surface area (Å²) in [4.78, 5) is 10.9. The largest absolute Gasteiger partial charge is 0.497 e. The third-order valence-electron chi connectivity index (χ3n) is 5.33. The Labute approximate surface area is 204 Å². The lowest BCUT2D eigenvalue weighted by atomic mass is 10.2. The highest BCUT2D eigenvalue weighted by atomic mass is 32.2. The number of hydrogen-bond acceptors (Lipinski definition) is 9. The third kappa shape index (κ3) is 5.67. The van der Waals surface area contributed by atoms with E-state index in [1.54, 1.807) is 50.7 Å². The fourth-order valence-corrected chi connectivity index (χ4v) is 4.54. The zero-order chi connectivity index (χ0) is 25.0. The van der Waals surface area contributed by atoms with E-state index in [-0.39, 0.29) is 4.90 Å². The molecule has 2 aromatic carbocycles. The van der Waals surface area contributed by atoms with E-state index < -0.39 is 10.0 Å². The summed E-state index contributed by atoms with van der Waals surface area (Å²) < 4.78 is 32.6. The van der Waals surface area contributed by atoms with Crippen LogP contribution in [0.4, 0.5) is 23.3 Å². The maximum atomic E-state index is 13.0. The van der Waals surface area contributed by atoms with Gasteiger partial charge < -0.3 is 20.3 Å². The van der Waals surface area contributed by atoms with Crippen LogP contribution in [0.1, 0.15) is 0 Å². The number of rotatable bonds is 10. The zero-order valence-electron chi connectivity index (χ0n) is 20.0. The Morgan fingerprint density at radius 2 is 1.86 bits per heavy atom. The molecule has 4 aromatic rings. The number of H-pyrrole nitrogens is 1. The van der Waals surface area contributed by atoms with Crippen molar-refractivity contribution in [3.05, 3.63) is 54.7 Å². The lowest BCUT2D eigenvalue weighted by Crippen LogP contribution is -2.33. The van der Waals surface area contributed by atoms with Gasteiger partial charge in [0.2, 0.25) is 16.0 Å². The molecule has 0 aliphatic carbocycles. The molecule has 0 radical (unpaired) electrons. The van der Waals surface area contributed by atoms with Crippen molar-refractivity contribution in [3.63, 3.8) is 0 Å². The minimum Gasteiger partial charge on any atom is -0.497 e. The van der Waals surface area contributed by atoms with Crippen molar-refractivity contribution in [2.75, 3.05) is 52.0 Å². The van der Waals surface area contributed by atoms with Gasteiger partial charge in [-0.25, -0.2) is 13.4 Å². The summed E-state index contributed by atoms with van der Waals surface area (Å²) in [5.41, 5.74) is 1.41. The van der Waals surface area contributed by atoms with Crippen LogP contribution in [0.25, 0.3) is 10.9 Å². The second kappa shape index (κ2) is 10.3. The van der Waals surface area contributed by atoms with E-state index >= 15 is 0 Å². The SMILES string of the molecule is COc1ccc2[nH]nc(Nc3ccnc(Nc4cccc(S(=O)(=O)N(C)CCN(C)C)c4)n3)c2c1. The van der Waals surface area contributed by atoms with Crippen LogP contribution in [0.15, 0.2) is 59.6 Å². The molecule has 0 aliphatic heterocycles. The van der Waals surface area contributed by atoms with Crippen LogP contribution in [0.2, 0.25) is 0 Å². The first-order valence-corrected chi connectivity index (χ1v) is 12.3. The Kier molecular flexibility index (Phi) is 7.15. The van der Waals surface area contributed by atoms with Gasteiger partial charge in [-0.15, -0.1) is 0 Å². The number of likely N-dealkylation sites (N-methyl/N-ethyl adjacent to an activating group) is 2. The standard InChI is InChI=1S/C23H28N8O3S/c1-30(2)12-13-31(3)35(32,33)18-7-5-6-16(14-18)25-23-24-11-10-21(27-23)26-22-19-15-17(34-4)8-9-20(19)28-29-22/h5-11,14-15H,12-13H2,1-4H3,(H3,24,25,26,27,28,29). The molecule has 0 fully saturated rings. The van der Waals surface area contributed by atoms with Crippen molar-refractivity contribution in [2.45, 2.75) is 4.90 Å². The van der Waals surface area contributed by atoms with Gasteiger partial charge in [-0.05, 0) is 56.6 Å². The predicted molar refractivity (Wildman–Crippen MR) is 136 cm³/mol.